The van der Waals surface area contributed by atoms with Gasteiger partial charge in [0.25, 0.3) is 5.91 Å². The summed E-state index contributed by atoms with van der Waals surface area (Å²) in [5.41, 5.74) is -0.0191. The minimum atomic E-state index is -0.585. The third-order valence-electron chi connectivity index (χ3n) is 5.50. The maximum Gasteiger partial charge on any atom is 0.332 e. The summed E-state index contributed by atoms with van der Waals surface area (Å²) >= 11 is 0. The van der Waals surface area contributed by atoms with Crippen LogP contribution in [0.15, 0.2) is 14.1 Å². The summed E-state index contributed by atoms with van der Waals surface area (Å²) < 4.78 is 7.82. The molecular weight excluding hydrogens is 338 g/mol. The van der Waals surface area contributed by atoms with Crippen molar-refractivity contribution in [2.75, 3.05) is 13.1 Å². The first kappa shape index (κ1) is 16.7. The summed E-state index contributed by atoms with van der Waals surface area (Å²) in [6.45, 7) is 7.19. The fourth-order valence-electron chi connectivity index (χ4n) is 4.10. The van der Waals surface area contributed by atoms with Gasteiger partial charge in [0, 0.05) is 32.1 Å². The molecule has 0 bridgehead atoms. The maximum absolute atomic E-state index is 12.9. The van der Waals surface area contributed by atoms with Gasteiger partial charge >= 0.3 is 11.1 Å². The van der Waals surface area contributed by atoms with E-state index in [-0.39, 0.29) is 17.7 Å². The number of likely N-dealkylation sites (tertiary alicyclic amines) is 1. The Morgan fingerprint density at radius 1 is 1.23 bits per heavy atom. The van der Waals surface area contributed by atoms with Crippen LogP contribution in [0, 0.1) is 19.8 Å². The second-order valence-corrected chi connectivity index (χ2v) is 7.00. The van der Waals surface area contributed by atoms with E-state index in [1.54, 1.807) is 25.7 Å². The van der Waals surface area contributed by atoms with Crippen molar-refractivity contribution >= 4 is 5.91 Å². The van der Waals surface area contributed by atoms with E-state index in [2.05, 4.69) is 10.3 Å². The predicted molar refractivity (Wildman–Crippen MR) is 91.2 cm³/mol. The van der Waals surface area contributed by atoms with E-state index in [9.17, 15) is 14.4 Å². The zero-order valence-electron chi connectivity index (χ0n) is 15.1. The number of hydrogen-bond donors (Lipinski definition) is 0. The third kappa shape index (κ3) is 2.33. The fraction of sp³-hybridized carbons (Fsp3) is 0.588. The van der Waals surface area contributed by atoms with E-state index in [0.29, 0.717) is 49.0 Å². The number of hydrogen-bond acceptors (Lipinski definition) is 6. The second kappa shape index (κ2) is 5.93. The Morgan fingerprint density at radius 3 is 2.65 bits per heavy atom. The molecule has 2 aliphatic heterocycles. The molecule has 9 nitrogen and oxygen atoms in total. The topological polar surface area (TPSA) is 103 Å². The lowest BCUT2D eigenvalue weighted by molar-refractivity contribution is 0.0665. The summed E-state index contributed by atoms with van der Waals surface area (Å²) in [5.74, 6) is 1.19. The molecule has 0 N–H and O–H groups in total. The van der Waals surface area contributed by atoms with Crippen molar-refractivity contribution in [3.63, 3.8) is 0 Å². The fourth-order valence-corrected chi connectivity index (χ4v) is 4.10. The lowest BCUT2D eigenvalue weighted by atomic mass is 9.87. The van der Waals surface area contributed by atoms with Crippen LogP contribution in [-0.2, 0) is 13.1 Å². The summed E-state index contributed by atoms with van der Waals surface area (Å²) in [5, 5.41) is 8.27. The number of amides is 1. The molecule has 9 heteroatoms. The Balaban J connectivity index is 1.68. The first-order chi connectivity index (χ1) is 12.4. The lowest BCUT2D eigenvalue weighted by Crippen LogP contribution is -2.44. The molecule has 2 aromatic heterocycles. The molecule has 0 saturated carbocycles. The van der Waals surface area contributed by atoms with Crippen LogP contribution in [0.2, 0.25) is 0 Å². The Bertz CT molecular complexity index is 982. The van der Waals surface area contributed by atoms with Crippen LogP contribution in [0.5, 0.6) is 0 Å². The molecule has 0 unspecified atom stereocenters. The van der Waals surface area contributed by atoms with Crippen molar-refractivity contribution in [2.24, 2.45) is 5.92 Å². The van der Waals surface area contributed by atoms with E-state index in [1.165, 1.54) is 9.25 Å². The molecule has 26 heavy (non-hydrogen) atoms. The number of aryl methyl sites for hydroxylation is 3. The SMILES string of the molecule is CCn1nc2n(c(=O)c1=O)C[C@H]1CCN(C(=O)c3c(C)noc3C)C[C@@H]21. The van der Waals surface area contributed by atoms with Crippen LogP contribution in [-0.4, -0.2) is 43.4 Å². The summed E-state index contributed by atoms with van der Waals surface area (Å²) in [7, 11) is 0. The van der Waals surface area contributed by atoms with Gasteiger partial charge in [0.05, 0.1) is 5.69 Å². The van der Waals surface area contributed by atoms with Gasteiger partial charge in [-0.1, -0.05) is 5.16 Å². The quantitative estimate of drug-likeness (QED) is 0.714. The third-order valence-corrected chi connectivity index (χ3v) is 5.50. The largest absolute Gasteiger partial charge is 0.361 e. The lowest BCUT2D eigenvalue weighted by Gasteiger charge is -2.34. The second-order valence-electron chi connectivity index (χ2n) is 7.00. The summed E-state index contributed by atoms with van der Waals surface area (Å²) in [6.07, 6.45) is 0.767. The van der Waals surface area contributed by atoms with Gasteiger partial charge in [-0.15, -0.1) is 0 Å². The molecule has 1 saturated heterocycles. The minimum Gasteiger partial charge on any atom is -0.361 e. The summed E-state index contributed by atoms with van der Waals surface area (Å²) in [6, 6.07) is 0. The molecule has 4 heterocycles. The number of carbonyl (C=O) groups is 1. The van der Waals surface area contributed by atoms with Crippen molar-refractivity contribution < 1.29 is 9.32 Å². The van der Waals surface area contributed by atoms with Crippen LogP contribution in [0.25, 0.3) is 0 Å². The van der Waals surface area contributed by atoms with E-state index < -0.39 is 11.1 Å². The zero-order valence-corrected chi connectivity index (χ0v) is 15.1. The van der Waals surface area contributed by atoms with Gasteiger partial charge in [-0.25, -0.2) is 4.68 Å². The average molecular weight is 359 g/mol. The smallest absolute Gasteiger partial charge is 0.332 e. The Hall–Kier alpha value is -2.71. The first-order valence-corrected chi connectivity index (χ1v) is 8.86. The molecule has 1 amide bonds. The van der Waals surface area contributed by atoms with Crippen molar-refractivity contribution in [3.05, 3.63) is 43.5 Å². The van der Waals surface area contributed by atoms with Gasteiger partial charge in [0.2, 0.25) is 0 Å². The first-order valence-electron chi connectivity index (χ1n) is 8.86. The molecule has 2 aliphatic rings. The van der Waals surface area contributed by atoms with Crippen LogP contribution < -0.4 is 11.1 Å². The number of aromatic nitrogens is 4. The molecule has 0 aliphatic carbocycles. The van der Waals surface area contributed by atoms with Gasteiger partial charge < -0.3 is 9.42 Å². The normalized spacial score (nSPS) is 21.6. The van der Waals surface area contributed by atoms with Crippen LogP contribution in [0.3, 0.4) is 0 Å². The predicted octanol–water partition coefficient (Wildman–Crippen LogP) is 0.289. The zero-order chi connectivity index (χ0) is 18.6. The maximum atomic E-state index is 12.9. The standard InChI is InChI=1S/C17H21N5O4/c1-4-22-17(25)16(24)21-7-11-5-6-20(8-12(11)14(21)18-22)15(23)13-9(2)19-26-10(13)3/h11-12H,4-8H2,1-3H3/t11-,12-/m1/s1. The Labute approximate surface area is 149 Å². The van der Waals surface area contributed by atoms with E-state index in [0.717, 1.165) is 6.42 Å². The van der Waals surface area contributed by atoms with Gasteiger partial charge in [-0.05, 0) is 33.1 Å². The van der Waals surface area contributed by atoms with Gasteiger partial charge in [-0.2, -0.15) is 5.10 Å². The van der Waals surface area contributed by atoms with Crippen molar-refractivity contribution in [2.45, 2.75) is 46.2 Å². The minimum absolute atomic E-state index is 0.0423. The molecular formula is C17H21N5O4. The molecule has 2 atom stereocenters. The molecule has 4 rings (SSSR count). The van der Waals surface area contributed by atoms with Gasteiger partial charge in [0.1, 0.15) is 17.1 Å². The monoisotopic (exact) mass is 359 g/mol. The van der Waals surface area contributed by atoms with Crippen molar-refractivity contribution in [3.8, 4) is 0 Å². The Morgan fingerprint density at radius 2 is 2.00 bits per heavy atom. The van der Waals surface area contributed by atoms with Gasteiger partial charge in [0.15, 0.2) is 0 Å². The van der Waals surface area contributed by atoms with Crippen LogP contribution in [0.4, 0.5) is 0 Å². The molecule has 0 spiro atoms. The molecule has 1 fully saturated rings. The Kier molecular flexibility index (Phi) is 3.82. The average Bonchev–Trinajstić information content (AvgIpc) is 3.17. The van der Waals surface area contributed by atoms with E-state index in [4.69, 9.17) is 4.52 Å². The molecule has 0 radical (unpaired) electrons. The number of piperidine rings is 1. The highest BCUT2D eigenvalue weighted by atomic mass is 16.5. The molecule has 2 aromatic rings. The number of fused-ring (bicyclic) bond motifs is 3. The molecule has 138 valence electrons. The van der Waals surface area contributed by atoms with Crippen molar-refractivity contribution in [1.82, 2.24) is 24.4 Å². The van der Waals surface area contributed by atoms with Gasteiger partial charge in [-0.3, -0.25) is 19.0 Å². The van der Waals surface area contributed by atoms with Crippen LogP contribution >= 0.6 is 0 Å². The number of carbonyl (C=O) groups excluding carboxylic acids is 1. The highest BCUT2D eigenvalue weighted by Crippen LogP contribution is 2.37. The molecule has 0 aromatic carbocycles. The highest BCUT2D eigenvalue weighted by Gasteiger charge is 2.41. The van der Waals surface area contributed by atoms with E-state index in [1.807, 2.05) is 0 Å². The van der Waals surface area contributed by atoms with Crippen LogP contribution in [0.1, 0.15) is 46.9 Å². The van der Waals surface area contributed by atoms with Crippen molar-refractivity contribution in [1.29, 1.82) is 0 Å². The number of rotatable bonds is 2. The highest BCUT2D eigenvalue weighted by molar-refractivity contribution is 5.96. The number of nitrogens with zero attached hydrogens (tertiary/aromatic N) is 5. The summed E-state index contributed by atoms with van der Waals surface area (Å²) in [4.78, 5) is 39.1. The van der Waals surface area contributed by atoms with E-state index >= 15 is 0 Å².